The van der Waals surface area contributed by atoms with Crippen LogP contribution in [0, 0.1) is 0 Å². The first-order valence-electron chi connectivity index (χ1n) is 8.03. The van der Waals surface area contributed by atoms with Gasteiger partial charge in [-0.15, -0.1) is 11.3 Å². The number of rotatable bonds is 6. The lowest BCUT2D eigenvalue weighted by atomic mass is 10.2. The fourth-order valence-corrected chi connectivity index (χ4v) is 4.01. The van der Waals surface area contributed by atoms with Crippen LogP contribution in [0.3, 0.4) is 0 Å². The lowest BCUT2D eigenvalue weighted by molar-refractivity contribution is 0.0468. The summed E-state index contributed by atoms with van der Waals surface area (Å²) in [5, 5.41) is 2.67. The number of hydrogen-bond donors (Lipinski definition) is 0. The standard InChI is InChI=1S/C19H16ClNO5S2/c1-25-14-5-3-4-12(8-14)18-21-13(11-27-18)10-26-19(22)16-9-15(28(2,23)24)6-7-17(16)20/h3-9,11H,10H2,1-2H3. The minimum atomic E-state index is -3.46. The van der Waals surface area contributed by atoms with Crippen LogP contribution in [0.15, 0.2) is 52.7 Å². The summed E-state index contributed by atoms with van der Waals surface area (Å²) in [4.78, 5) is 16.8. The van der Waals surface area contributed by atoms with Gasteiger partial charge in [0.1, 0.15) is 17.4 Å². The van der Waals surface area contributed by atoms with E-state index in [0.717, 1.165) is 22.6 Å². The Bertz CT molecular complexity index is 1120. The fourth-order valence-electron chi connectivity index (χ4n) is 2.37. The van der Waals surface area contributed by atoms with E-state index in [4.69, 9.17) is 21.1 Å². The molecule has 2 aromatic carbocycles. The van der Waals surface area contributed by atoms with Crippen molar-refractivity contribution in [3.63, 3.8) is 0 Å². The van der Waals surface area contributed by atoms with Gasteiger partial charge in [-0.3, -0.25) is 0 Å². The maximum atomic E-state index is 12.3. The molecule has 0 bridgehead atoms. The number of thiazole rings is 1. The third kappa shape index (κ3) is 4.70. The number of nitrogens with zero attached hydrogens (tertiary/aromatic N) is 1. The first-order valence-corrected chi connectivity index (χ1v) is 11.2. The molecule has 1 aromatic heterocycles. The van der Waals surface area contributed by atoms with Gasteiger partial charge in [-0.1, -0.05) is 23.7 Å². The van der Waals surface area contributed by atoms with Crippen LogP contribution in [0.2, 0.25) is 5.02 Å². The number of ether oxygens (including phenoxy) is 2. The van der Waals surface area contributed by atoms with E-state index < -0.39 is 15.8 Å². The van der Waals surface area contributed by atoms with E-state index in [1.54, 1.807) is 12.5 Å². The zero-order valence-corrected chi connectivity index (χ0v) is 17.4. The number of halogens is 1. The summed E-state index contributed by atoms with van der Waals surface area (Å²) in [6.07, 6.45) is 1.06. The summed E-state index contributed by atoms with van der Waals surface area (Å²) in [6, 6.07) is 11.4. The van der Waals surface area contributed by atoms with Crippen molar-refractivity contribution < 1.29 is 22.7 Å². The normalized spacial score (nSPS) is 11.2. The van der Waals surface area contributed by atoms with Crippen molar-refractivity contribution in [1.29, 1.82) is 0 Å². The second-order valence-corrected chi connectivity index (χ2v) is 9.15. The van der Waals surface area contributed by atoms with Gasteiger partial charge in [0.2, 0.25) is 0 Å². The topological polar surface area (TPSA) is 82.6 Å². The minimum absolute atomic E-state index is 0.00202. The number of carbonyl (C=O) groups is 1. The van der Waals surface area contributed by atoms with Gasteiger partial charge in [0, 0.05) is 17.2 Å². The van der Waals surface area contributed by atoms with E-state index in [1.165, 1.54) is 29.5 Å². The predicted molar refractivity (Wildman–Crippen MR) is 108 cm³/mol. The Morgan fingerprint density at radius 3 is 2.71 bits per heavy atom. The van der Waals surface area contributed by atoms with Gasteiger partial charge in [-0.25, -0.2) is 18.2 Å². The highest BCUT2D eigenvalue weighted by atomic mass is 35.5. The highest BCUT2D eigenvalue weighted by Gasteiger charge is 2.17. The van der Waals surface area contributed by atoms with E-state index in [2.05, 4.69) is 4.98 Å². The molecule has 0 fully saturated rings. The van der Waals surface area contributed by atoms with Crippen LogP contribution in [-0.4, -0.2) is 32.7 Å². The smallest absolute Gasteiger partial charge is 0.340 e. The first kappa shape index (κ1) is 20.3. The van der Waals surface area contributed by atoms with Crippen LogP contribution in [0.5, 0.6) is 5.75 Å². The molecular formula is C19H16ClNO5S2. The van der Waals surface area contributed by atoms with E-state index in [1.807, 2.05) is 24.3 Å². The Morgan fingerprint density at radius 1 is 1.21 bits per heavy atom. The van der Waals surface area contributed by atoms with Crippen LogP contribution in [-0.2, 0) is 21.2 Å². The van der Waals surface area contributed by atoms with Crippen molar-refractivity contribution in [2.45, 2.75) is 11.5 Å². The lowest BCUT2D eigenvalue weighted by Crippen LogP contribution is -2.08. The van der Waals surface area contributed by atoms with Crippen molar-refractivity contribution >= 4 is 38.7 Å². The Balaban J connectivity index is 1.73. The lowest BCUT2D eigenvalue weighted by Gasteiger charge is -2.07. The largest absolute Gasteiger partial charge is 0.497 e. The Labute approximate surface area is 171 Å². The predicted octanol–water partition coefficient (Wildman–Crippen LogP) is 4.23. The number of sulfone groups is 1. The van der Waals surface area contributed by atoms with Gasteiger partial charge >= 0.3 is 5.97 Å². The van der Waals surface area contributed by atoms with E-state index >= 15 is 0 Å². The van der Waals surface area contributed by atoms with Gasteiger partial charge < -0.3 is 9.47 Å². The van der Waals surface area contributed by atoms with Gasteiger partial charge in [-0.05, 0) is 30.3 Å². The molecule has 0 spiro atoms. The van der Waals surface area contributed by atoms with Crippen LogP contribution < -0.4 is 4.74 Å². The van der Waals surface area contributed by atoms with E-state index in [9.17, 15) is 13.2 Å². The molecule has 146 valence electrons. The molecule has 3 aromatic rings. The molecule has 0 aliphatic rings. The number of methoxy groups -OCH3 is 1. The molecular weight excluding hydrogens is 422 g/mol. The summed E-state index contributed by atoms with van der Waals surface area (Å²) < 4.78 is 33.8. The van der Waals surface area contributed by atoms with Crippen LogP contribution in [0.25, 0.3) is 10.6 Å². The quantitative estimate of drug-likeness (QED) is 0.536. The summed E-state index contributed by atoms with van der Waals surface area (Å²) in [6.45, 7) is -0.0568. The number of hydrogen-bond acceptors (Lipinski definition) is 7. The third-order valence-corrected chi connectivity index (χ3v) is 6.19. The molecule has 3 rings (SSSR count). The summed E-state index contributed by atoms with van der Waals surface area (Å²) >= 11 is 7.43. The fraction of sp³-hybridized carbons (Fsp3) is 0.158. The van der Waals surface area contributed by atoms with Gasteiger partial charge in [0.25, 0.3) is 0 Å². The van der Waals surface area contributed by atoms with Crippen LogP contribution in [0.1, 0.15) is 16.1 Å². The second-order valence-electron chi connectivity index (χ2n) is 5.87. The van der Waals surface area contributed by atoms with Crippen molar-refractivity contribution in [1.82, 2.24) is 4.98 Å². The highest BCUT2D eigenvalue weighted by Crippen LogP contribution is 2.27. The molecule has 0 aliphatic carbocycles. The molecule has 28 heavy (non-hydrogen) atoms. The Hall–Kier alpha value is -2.42. The number of carbonyl (C=O) groups excluding carboxylic acids is 1. The molecule has 0 radical (unpaired) electrons. The van der Waals surface area contributed by atoms with Crippen molar-refractivity contribution in [2.75, 3.05) is 13.4 Å². The molecule has 6 nitrogen and oxygen atoms in total. The average molecular weight is 438 g/mol. The zero-order valence-electron chi connectivity index (χ0n) is 15.0. The van der Waals surface area contributed by atoms with Gasteiger partial charge in [0.15, 0.2) is 9.84 Å². The average Bonchev–Trinajstić information content (AvgIpc) is 3.14. The maximum absolute atomic E-state index is 12.3. The van der Waals surface area contributed by atoms with E-state index in [-0.39, 0.29) is 22.1 Å². The van der Waals surface area contributed by atoms with Gasteiger partial charge in [0.05, 0.1) is 28.3 Å². The monoisotopic (exact) mass is 437 g/mol. The van der Waals surface area contributed by atoms with Crippen LogP contribution in [0.4, 0.5) is 0 Å². The minimum Gasteiger partial charge on any atom is -0.497 e. The third-order valence-electron chi connectivity index (χ3n) is 3.81. The molecule has 0 amide bonds. The summed E-state index contributed by atoms with van der Waals surface area (Å²) in [5.41, 5.74) is 1.46. The van der Waals surface area contributed by atoms with Crippen molar-refractivity contribution in [3.05, 3.63) is 64.1 Å². The molecule has 9 heteroatoms. The molecule has 0 aliphatic heterocycles. The zero-order chi connectivity index (χ0) is 20.3. The highest BCUT2D eigenvalue weighted by molar-refractivity contribution is 7.90. The maximum Gasteiger partial charge on any atom is 0.340 e. The molecule has 0 saturated heterocycles. The van der Waals surface area contributed by atoms with Gasteiger partial charge in [-0.2, -0.15) is 0 Å². The number of benzene rings is 2. The SMILES string of the molecule is COc1cccc(-c2nc(COC(=O)c3cc(S(C)(=O)=O)ccc3Cl)cs2)c1. The Morgan fingerprint density at radius 2 is 2.00 bits per heavy atom. The van der Waals surface area contributed by atoms with Crippen molar-refractivity contribution in [2.24, 2.45) is 0 Å². The molecule has 0 unspecified atom stereocenters. The molecule has 1 heterocycles. The summed E-state index contributed by atoms with van der Waals surface area (Å²) in [5.74, 6) is 0.00695. The van der Waals surface area contributed by atoms with Crippen molar-refractivity contribution in [3.8, 4) is 16.3 Å². The second kappa shape index (κ2) is 8.30. The number of esters is 1. The number of aromatic nitrogens is 1. The molecule has 0 N–H and O–H groups in total. The summed E-state index contributed by atoms with van der Waals surface area (Å²) in [7, 11) is -1.87. The Kier molecular flexibility index (Phi) is 6.02. The van der Waals surface area contributed by atoms with Crippen LogP contribution >= 0.6 is 22.9 Å². The first-order chi connectivity index (χ1) is 13.3. The van der Waals surface area contributed by atoms with E-state index in [0.29, 0.717) is 5.69 Å². The molecule has 0 atom stereocenters. The molecule has 0 saturated carbocycles.